The van der Waals surface area contributed by atoms with Gasteiger partial charge in [0, 0.05) is 13.1 Å². The highest BCUT2D eigenvalue weighted by atomic mass is 19.1. The Balaban J connectivity index is 2.02. The zero-order valence-electron chi connectivity index (χ0n) is 10.9. The van der Waals surface area contributed by atoms with Crippen LogP contribution in [0.1, 0.15) is 18.4 Å². The van der Waals surface area contributed by atoms with Crippen molar-refractivity contribution >= 4 is 5.97 Å². The molecule has 1 N–H and O–H groups in total. The van der Waals surface area contributed by atoms with Gasteiger partial charge in [-0.05, 0) is 36.5 Å². The van der Waals surface area contributed by atoms with Crippen LogP contribution < -0.4 is 4.74 Å². The topological polar surface area (TPSA) is 49.8 Å². The maximum atomic E-state index is 13.6. The van der Waals surface area contributed by atoms with Crippen LogP contribution in [-0.2, 0) is 11.3 Å². The zero-order chi connectivity index (χ0) is 13.8. The van der Waals surface area contributed by atoms with Crippen LogP contribution in [0.2, 0.25) is 0 Å². The molecular formula is C14H18FNO3. The average molecular weight is 267 g/mol. The summed E-state index contributed by atoms with van der Waals surface area (Å²) >= 11 is 0. The molecule has 0 atom stereocenters. The number of carbonyl (C=O) groups is 1. The fourth-order valence-electron chi connectivity index (χ4n) is 2.11. The van der Waals surface area contributed by atoms with E-state index in [0.29, 0.717) is 12.5 Å². The number of ether oxygens (including phenoxy) is 1. The zero-order valence-corrected chi connectivity index (χ0v) is 10.9. The lowest BCUT2D eigenvalue weighted by atomic mass is 10.2. The standard InChI is InChI=1S/C14H18FNO3/c1-19-13-5-4-11(6-12(13)15)8-16(9-14(17)18)7-10-2-3-10/h4-6,10H,2-3,7-9H2,1H3,(H,17,18). The van der Waals surface area contributed by atoms with E-state index in [1.807, 2.05) is 4.90 Å². The Morgan fingerprint density at radius 2 is 2.26 bits per heavy atom. The lowest BCUT2D eigenvalue weighted by molar-refractivity contribution is -0.138. The van der Waals surface area contributed by atoms with E-state index in [9.17, 15) is 9.18 Å². The first-order chi connectivity index (χ1) is 9.08. The monoisotopic (exact) mass is 267 g/mol. The molecule has 0 aromatic heterocycles. The summed E-state index contributed by atoms with van der Waals surface area (Å²) in [7, 11) is 1.42. The second kappa shape index (κ2) is 6.02. The molecule has 0 spiro atoms. The van der Waals surface area contributed by atoms with Crippen molar-refractivity contribution in [2.45, 2.75) is 19.4 Å². The maximum absolute atomic E-state index is 13.6. The van der Waals surface area contributed by atoms with Crippen molar-refractivity contribution in [1.82, 2.24) is 4.90 Å². The molecule has 2 rings (SSSR count). The van der Waals surface area contributed by atoms with Gasteiger partial charge in [-0.15, -0.1) is 0 Å². The highest BCUT2D eigenvalue weighted by Gasteiger charge is 2.25. The van der Waals surface area contributed by atoms with Gasteiger partial charge in [-0.25, -0.2) is 4.39 Å². The molecule has 0 saturated heterocycles. The van der Waals surface area contributed by atoms with E-state index in [4.69, 9.17) is 9.84 Å². The van der Waals surface area contributed by atoms with Gasteiger partial charge >= 0.3 is 5.97 Å². The second-order valence-corrected chi connectivity index (χ2v) is 4.98. The van der Waals surface area contributed by atoms with E-state index in [1.165, 1.54) is 13.2 Å². The van der Waals surface area contributed by atoms with E-state index in [-0.39, 0.29) is 12.3 Å². The second-order valence-electron chi connectivity index (χ2n) is 4.98. The van der Waals surface area contributed by atoms with Gasteiger partial charge in [0.15, 0.2) is 11.6 Å². The molecule has 104 valence electrons. The van der Waals surface area contributed by atoms with Crippen LogP contribution in [0.3, 0.4) is 0 Å². The van der Waals surface area contributed by atoms with Gasteiger partial charge < -0.3 is 9.84 Å². The molecule has 1 aliphatic carbocycles. The Kier molecular flexibility index (Phi) is 4.37. The Labute approximate surface area is 111 Å². The summed E-state index contributed by atoms with van der Waals surface area (Å²) in [5.41, 5.74) is 0.764. The summed E-state index contributed by atoms with van der Waals surface area (Å²) in [5, 5.41) is 8.90. The van der Waals surface area contributed by atoms with Crippen molar-refractivity contribution in [3.8, 4) is 5.75 Å². The van der Waals surface area contributed by atoms with Gasteiger partial charge in [0.25, 0.3) is 0 Å². The number of rotatable bonds is 7. The third kappa shape index (κ3) is 4.21. The predicted octanol–water partition coefficient (Wildman–Crippen LogP) is 2.13. The van der Waals surface area contributed by atoms with Gasteiger partial charge in [-0.3, -0.25) is 9.69 Å². The van der Waals surface area contributed by atoms with Gasteiger partial charge in [0.05, 0.1) is 13.7 Å². The minimum absolute atomic E-state index is 0.00977. The van der Waals surface area contributed by atoms with Gasteiger partial charge in [0.2, 0.25) is 0 Å². The number of benzene rings is 1. The molecule has 1 saturated carbocycles. The summed E-state index contributed by atoms with van der Waals surface area (Å²) in [4.78, 5) is 12.7. The fourth-order valence-corrected chi connectivity index (χ4v) is 2.11. The van der Waals surface area contributed by atoms with Gasteiger partial charge in [-0.2, -0.15) is 0 Å². The first kappa shape index (κ1) is 13.8. The molecule has 0 aliphatic heterocycles. The Hall–Kier alpha value is -1.62. The van der Waals surface area contributed by atoms with Crippen LogP contribution in [0.5, 0.6) is 5.75 Å². The van der Waals surface area contributed by atoms with Crippen molar-refractivity contribution in [3.05, 3.63) is 29.6 Å². The summed E-state index contributed by atoms with van der Waals surface area (Å²) in [6.07, 6.45) is 2.32. The minimum atomic E-state index is -0.852. The molecule has 5 heteroatoms. The van der Waals surface area contributed by atoms with E-state index in [1.54, 1.807) is 12.1 Å². The number of halogens is 1. The summed E-state index contributed by atoms with van der Waals surface area (Å²) in [6.45, 7) is 1.20. The smallest absolute Gasteiger partial charge is 0.317 e. The minimum Gasteiger partial charge on any atom is -0.494 e. The SMILES string of the molecule is COc1ccc(CN(CC(=O)O)CC2CC2)cc1F. The van der Waals surface area contributed by atoms with Crippen molar-refractivity contribution in [3.63, 3.8) is 0 Å². The predicted molar refractivity (Wildman–Crippen MR) is 68.6 cm³/mol. The summed E-state index contributed by atoms with van der Waals surface area (Å²) in [5.74, 6) is -0.463. The van der Waals surface area contributed by atoms with Crippen LogP contribution in [-0.4, -0.2) is 36.2 Å². The lowest BCUT2D eigenvalue weighted by Gasteiger charge is -2.20. The van der Waals surface area contributed by atoms with Crippen molar-refractivity contribution in [2.75, 3.05) is 20.2 Å². The van der Waals surface area contributed by atoms with Crippen LogP contribution in [0.4, 0.5) is 4.39 Å². The van der Waals surface area contributed by atoms with Crippen LogP contribution >= 0.6 is 0 Å². The van der Waals surface area contributed by atoms with Crippen molar-refractivity contribution < 1.29 is 19.0 Å². The molecule has 1 aromatic rings. The van der Waals surface area contributed by atoms with Crippen molar-refractivity contribution in [2.24, 2.45) is 5.92 Å². The molecule has 0 amide bonds. The van der Waals surface area contributed by atoms with Crippen LogP contribution in [0.25, 0.3) is 0 Å². The molecule has 0 heterocycles. The number of carboxylic acids is 1. The first-order valence-electron chi connectivity index (χ1n) is 6.35. The molecule has 1 fully saturated rings. The molecule has 1 aromatic carbocycles. The maximum Gasteiger partial charge on any atom is 0.317 e. The van der Waals surface area contributed by atoms with E-state index < -0.39 is 11.8 Å². The normalized spacial score (nSPS) is 14.7. The third-order valence-electron chi connectivity index (χ3n) is 3.19. The number of carboxylic acid groups (broad SMARTS) is 1. The summed E-state index contributed by atoms with van der Waals surface area (Å²) in [6, 6.07) is 4.74. The number of hydrogen-bond acceptors (Lipinski definition) is 3. The molecule has 0 unspecified atom stereocenters. The van der Waals surface area contributed by atoms with Crippen LogP contribution in [0, 0.1) is 11.7 Å². The highest BCUT2D eigenvalue weighted by Crippen LogP contribution is 2.30. The number of aliphatic carboxylic acids is 1. The highest BCUT2D eigenvalue weighted by molar-refractivity contribution is 5.69. The Morgan fingerprint density at radius 3 is 2.79 bits per heavy atom. The van der Waals surface area contributed by atoms with Gasteiger partial charge in [0.1, 0.15) is 0 Å². The molecule has 1 aliphatic rings. The lowest BCUT2D eigenvalue weighted by Crippen LogP contribution is -2.31. The van der Waals surface area contributed by atoms with Crippen LogP contribution in [0.15, 0.2) is 18.2 Å². The number of hydrogen-bond donors (Lipinski definition) is 1. The largest absolute Gasteiger partial charge is 0.494 e. The van der Waals surface area contributed by atoms with E-state index in [2.05, 4.69) is 0 Å². The molecule has 0 bridgehead atoms. The molecule has 0 radical (unpaired) electrons. The quantitative estimate of drug-likeness (QED) is 0.822. The van der Waals surface area contributed by atoms with Gasteiger partial charge in [-0.1, -0.05) is 6.07 Å². The summed E-state index contributed by atoms with van der Waals surface area (Å²) < 4.78 is 18.4. The average Bonchev–Trinajstić information content (AvgIpc) is 3.12. The fraction of sp³-hybridized carbons (Fsp3) is 0.500. The van der Waals surface area contributed by atoms with E-state index in [0.717, 1.165) is 24.9 Å². The third-order valence-corrected chi connectivity index (χ3v) is 3.19. The Bertz CT molecular complexity index is 460. The molecular weight excluding hydrogens is 249 g/mol. The number of nitrogens with zero attached hydrogens (tertiary/aromatic N) is 1. The first-order valence-corrected chi connectivity index (χ1v) is 6.35. The molecule has 19 heavy (non-hydrogen) atoms. The van der Waals surface area contributed by atoms with Crippen molar-refractivity contribution in [1.29, 1.82) is 0 Å². The Morgan fingerprint density at radius 1 is 1.53 bits per heavy atom. The molecule has 4 nitrogen and oxygen atoms in total. The van der Waals surface area contributed by atoms with E-state index >= 15 is 0 Å². The number of methoxy groups -OCH3 is 1.